The second kappa shape index (κ2) is 5.41. The van der Waals surface area contributed by atoms with Crippen molar-refractivity contribution in [3.8, 4) is 0 Å². The standard InChI is InChI=1S/C10H9BrN2O3/c11-3-1-2-7-4-8(10(12)14)6-9(5-7)13(15)16/h1-2,4-6H,3H2,(H2,12,14). The molecule has 0 fully saturated rings. The predicted octanol–water partition coefficient (Wildman–Crippen LogP) is 2.10. The van der Waals surface area contributed by atoms with Crippen LogP contribution in [0.1, 0.15) is 15.9 Å². The fourth-order valence-corrected chi connectivity index (χ4v) is 1.35. The van der Waals surface area contributed by atoms with Crippen molar-refractivity contribution < 1.29 is 9.72 Å². The van der Waals surface area contributed by atoms with Crippen molar-refractivity contribution in [2.45, 2.75) is 0 Å². The van der Waals surface area contributed by atoms with Crippen LogP contribution in [-0.2, 0) is 0 Å². The van der Waals surface area contributed by atoms with Crippen molar-refractivity contribution in [1.29, 1.82) is 0 Å². The molecule has 1 rings (SSSR count). The van der Waals surface area contributed by atoms with Gasteiger partial charge in [-0.25, -0.2) is 0 Å². The molecule has 0 bridgehead atoms. The molecule has 1 amide bonds. The van der Waals surface area contributed by atoms with E-state index in [-0.39, 0.29) is 11.3 Å². The smallest absolute Gasteiger partial charge is 0.270 e. The Labute approximate surface area is 100 Å². The summed E-state index contributed by atoms with van der Waals surface area (Å²) in [5.41, 5.74) is 5.64. The number of rotatable bonds is 4. The second-order valence-corrected chi connectivity index (χ2v) is 3.64. The lowest BCUT2D eigenvalue weighted by molar-refractivity contribution is -0.384. The first kappa shape index (κ1) is 12.4. The number of amides is 1. The molecule has 84 valence electrons. The molecular weight excluding hydrogens is 276 g/mol. The zero-order valence-corrected chi connectivity index (χ0v) is 9.81. The number of nitro benzene ring substituents is 1. The molecule has 0 spiro atoms. The van der Waals surface area contributed by atoms with Crippen molar-refractivity contribution in [1.82, 2.24) is 0 Å². The van der Waals surface area contributed by atoms with E-state index in [1.165, 1.54) is 12.1 Å². The summed E-state index contributed by atoms with van der Waals surface area (Å²) in [4.78, 5) is 21.0. The number of alkyl halides is 1. The molecule has 0 unspecified atom stereocenters. The maximum absolute atomic E-state index is 11.0. The van der Waals surface area contributed by atoms with Gasteiger partial charge in [0.15, 0.2) is 0 Å². The number of nitrogens with two attached hydrogens (primary N) is 1. The van der Waals surface area contributed by atoms with E-state index >= 15 is 0 Å². The second-order valence-electron chi connectivity index (χ2n) is 2.99. The summed E-state index contributed by atoms with van der Waals surface area (Å²) < 4.78 is 0. The van der Waals surface area contributed by atoms with Gasteiger partial charge < -0.3 is 5.73 Å². The minimum absolute atomic E-state index is 0.128. The molecule has 16 heavy (non-hydrogen) atoms. The lowest BCUT2D eigenvalue weighted by atomic mass is 10.1. The fourth-order valence-electron chi connectivity index (χ4n) is 1.16. The van der Waals surface area contributed by atoms with Crippen LogP contribution in [0.3, 0.4) is 0 Å². The molecule has 0 heterocycles. The van der Waals surface area contributed by atoms with Crippen LogP contribution < -0.4 is 5.73 Å². The number of halogens is 1. The fraction of sp³-hybridized carbons (Fsp3) is 0.100. The summed E-state index contributed by atoms with van der Waals surface area (Å²) in [6, 6.07) is 4.05. The monoisotopic (exact) mass is 284 g/mol. The van der Waals surface area contributed by atoms with Crippen LogP contribution >= 0.6 is 15.9 Å². The summed E-state index contributed by atoms with van der Waals surface area (Å²) in [5, 5.41) is 11.2. The van der Waals surface area contributed by atoms with Gasteiger partial charge in [-0.3, -0.25) is 14.9 Å². The molecule has 0 saturated heterocycles. The number of non-ortho nitro benzene ring substituents is 1. The highest BCUT2D eigenvalue weighted by Crippen LogP contribution is 2.18. The first-order valence-corrected chi connectivity index (χ1v) is 5.48. The van der Waals surface area contributed by atoms with Crippen molar-refractivity contribution in [3.63, 3.8) is 0 Å². The summed E-state index contributed by atoms with van der Waals surface area (Å²) in [6.45, 7) is 0. The van der Waals surface area contributed by atoms with E-state index < -0.39 is 10.8 Å². The number of nitrogens with zero attached hydrogens (tertiary/aromatic N) is 1. The third kappa shape index (κ3) is 3.16. The van der Waals surface area contributed by atoms with Crippen LogP contribution in [-0.4, -0.2) is 16.2 Å². The number of nitro groups is 1. The topological polar surface area (TPSA) is 86.2 Å². The molecule has 0 aliphatic rings. The van der Waals surface area contributed by atoms with Crippen molar-refractivity contribution in [2.24, 2.45) is 5.73 Å². The van der Waals surface area contributed by atoms with Crippen LogP contribution in [0.15, 0.2) is 24.3 Å². The summed E-state index contributed by atoms with van der Waals surface area (Å²) in [6.07, 6.45) is 3.44. The lowest BCUT2D eigenvalue weighted by Crippen LogP contribution is -2.11. The lowest BCUT2D eigenvalue weighted by Gasteiger charge is -1.99. The minimum Gasteiger partial charge on any atom is -0.366 e. The molecule has 0 atom stereocenters. The van der Waals surface area contributed by atoms with Crippen LogP contribution in [0, 0.1) is 10.1 Å². The van der Waals surface area contributed by atoms with Gasteiger partial charge in [0.1, 0.15) is 0 Å². The number of carbonyl (C=O) groups excluding carboxylic acids is 1. The number of hydrogen-bond donors (Lipinski definition) is 1. The number of primary amides is 1. The highest BCUT2D eigenvalue weighted by Gasteiger charge is 2.11. The van der Waals surface area contributed by atoms with Gasteiger partial charge in [-0.1, -0.05) is 28.1 Å². The SMILES string of the molecule is NC(=O)c1cc(C=CCBr)cc([N+](=O)[O-])c1. The highest BCUT2D eigenvalue weighted by molar-refractivity contribution is 9.09. The molecule has 6 heteroatoms. The summed E-state index contributed by atoms with van der Waals surface area (Å²) >= 11 is 3.19. The normalized spacial score (nSPS) is 10.6. The Kier molecular flexibility index (Phi) is 4.19. The molecular formula is C10H9BrN2O3. The molecule has 0 aliphatic heterocycles. The molecule has 2 N–H and O–H groups in total. The first-order chi connectivity index (χ1) is 7.54. The van der Waals surface area contributed by atoms with E-state index in [0.717, 1.165) is 6.07 Å². The predicted molar refractivity (Wildman–Crippen MR) is 64.4 cm³/mol. The minimum atomic E-state index is -0.683. The van der Waals surface area contributed by atoms with Crippen LogP contribution in [0.4, 0.5) is 5.69 Å². The molecule has 1 aromatic carbocycles. The number of hydrogen-bond acceptors (Lipinski definition) is 3. The van der Waals surface area contributed by atoms with Gasteiger partial charge >= 0.3 is 0 Å². The number of benzene rings is 1. The van der Waals surface area contributed by atoms with Gasteiger partial charge in [0, 0.05) is 23.0 Å². The first-order valence-electron chi connectivity index (χ1n) is 4.36. The van der Waals surface area contributed by atoms with Crippen LogP contribution in [0.5, 0.6) is 0 Å². The van der Waals surface area contributed by atoms with Crippen molar-refractivity contribution in [2.75, 3.05) is 5.33 Å². The van der Waals surface area contributed by atoms with Gasteiger partial charge in [-0.2, -0.15) is 0 Å². The summed E-state index contributed by atoms with van der Waals surface area (Å²) in [5.74, 6) is -0.683. The average Bonchev–Trinajstić information content (AvgIpc) is 2.25. The molecule has 0 aromatic heterocycles. The Morgan fingerprint density at radius 3 is 2.69 bits per heavy atom. The maximum Gasteiger partial charge on any atom is 0.270 e. The summed E-state index contributed by atoms with van der Waals surface area (Å²) in [7, 11) is 0. The Morgan fingerprint density at radius 1 is 1.50 bits per heavy atom. The van der Waals surface area contributed by atoms with E-state index in [2.05, 4.69) is 15.9 Å². The largest absolute Gasteiger partial charge is 0.366 e. The quantitative estimate of drug-likeness (QED) is 0.522. The average molecular weight is 285 g/mol. The van der Waals surface area contributed by atoms with Crippen LogP contribution in [0.25, 0.3) is 6.08 Å². The molecule has 0 aliphatic carbocycles. The zero-order chi connectivity index (χ0) is 12.1. The molecule has 0 radical (unpaired) electrons. The molecule has 1 aromatic rings. The van der Waals surface area contributed by atoms with Crippen LogP contribution in [0.2, 0.25) is 0 Å². The van der Waals surface area contributed by atoms with E-state index in [0.29, 0.717) is 10.9 Å². The highest BCUT2D eigenvalue weighted by atomic mass is 79.9. The van der Waals surface area contributed by atoms with E-state index in [1.807, 2.05) is 0 Å². The maximum atomic E-state index is 11.0. The Balaban J connectivity index is 3.24. The van der Waals surface area contributed by atoms with Crippen molar-refractivity contribution >= 4 is 33.6 Å². The van der Waals surface area contributed by atoms with Crippen molar-refractivity contribution in [3.05, 3.63) is 45.5 Å². The third-order valence-electron chi connectivity index (χ3n) is 1.83. The van der Waals surface area contributed by atoms with E-state index in [9.17, 15) is 14.9 Å². The third-order valence-corrected chi connectivity index (χ3v) is 2.21. The Hall–Kier alpha value is -1.69. The van der Waals surface area contributed by atoms with Gasteiger partial charge in [0.25, 0.3) is 5.69 Å². The van der Waals surface area contributed by atoms with E-state index in [4.69, 9.17) is 5.73 Å². The van der Waals surface area contributed by atoms with E-state index in [1.54, 1.807) is 12.2 Å². The van der Waals surface area contributed by atoms with Gasteiger partial charge in [0.2, 0.25) is 5.91 Å². The van der Waals surface area contributed by atoms with Gasteiger partial charge in [-0.05, 0) is 11.6 Å². The Morgan fingerprint density at radius 2 is 2.19 bits per heavy atom. The zero-order valence-electron chi connectivity index (χ0n) is 8.22. The van der Waals surface area contributed by atoms with Gasteiger partial charge in [0.05, 0.1) is 4.92 Å². The molecule has 0 saturated carbocycles. The molecule has 5 nitrogen and oxygen atoms in total. The number of carbonyl (C=O) groups is 1. The van der Waals surface area contributed by atoms with Gasteiger partial charge in [-0.15, -0.1) is 0 Å². The Bertz CT molecular complexity index is 425. The number of allylic oxidation sites excluding steroid dienone is 1.